The number of hydrogen-bond donors (Lipinski definition) is 0. The molecule has 0 bridgehead atoms. The molecule has 180 valence electrons. The van der Waals surface area contributed by atoms with Crippen LogP contribution in [0.5, 0.6) is 11.5 Å². The van der Waals surface area contributed by atoms with E-state index in [0.717, 1.165) is 24.3 Å². The fourth-order valence-electron chi connectivity index (χ4n) is 3.49. The van der Waals surface area contributed by atoms with Crippen LogP contribution in [0.15, 0.2) is 84.9 Å². The quantitative estimate of drug-likeness (QED) is 0.257. The molecule has 4 aromatic carbocycles. The maximum atomic E-state index is 14.6. The molecule has 35 heavy (non-hydrogen) atoms. The van der Waals surface area contributed by atoms with E-state index in [-0.39, 0.29) is 33.8 Å². The molecule has 0 fully saturated rings. The molecular formula is C26H14F8O. The molecule has 0 aliphatic carbocycles. The average molecular weight is 494 g/mol. The second-order valence-corrected chi connectivity index (χ2v) is 7.48. The largest absolute Gasteiger partial charge is 0.456 e. The molecule has 0 aliphatic heterocycles. The molecule has 0 saturated carbocycles. The van der Waals surface area contributed by atoms with Crippen molar-refractivity contribution in [2.24, 2.45) is 0 Å². The van der Waals surface area contributed by atoms with Crippen molar-refractivity contribution in [2.45, 2.75) is 12.4 Å². The standard InChI is InChI=1S/C26H14F8O/c27-21-13-15(25(29,30)31)9-11-17(21)19-5-1-3-7-23(19)35-24-8-4-2-6-20(24)18-12-10-16(14-22(18)28)26(32,33)34/h1-14H. The Balaban J connectivity index is 1.75. The SMILES string of the molecule is Fc1cc(C(F)(F)F)ccc1-c1ccccc1Oc1ccccc1-c1ccc(C(F)(F)F)cc1F. The summed E-state index contributed by atoms with van der Waals surface area (Å²) in [5, 5.41) is 0. The van der Waals surface area contributed by atoms with Gasteiger partial charge in [-0.3, -0.25) is 0 Å². The van der Waals surface area contributed by atoms with Gasteiger partial charge in [0.15, 0.2) is 0 Å². The monoisotopic (exact) mass is 494 g/mol. The minimum absolute atomic E-state index is 0.0472. The van der Waals surface area contributed by atoms with Crippen molar-refractivity contribution in [2.75, 3.05) is 0 Å². The summed E-state index contributed by atoms with van der Waals surface area (Å²) in [6.07, 6.45) is -9.44. The highest BCUT2D eigenvalue weighted by Gasteiger charge is 2.32. The molecule has 0 saturated heterocycles. The maximum absolute atomic E-state index is 14.6. The fourth-order valence-corrected chi connectivity index (χ4v) is 3.49. The van der Waals surface area contributed by atoms with E-state index >= 15 is 0 Å². The number of ether oxygens (including phenoxy) is 1. The highest BCUT2D eigenvalue weighted by Crippen LogP contribution is 2.41. The molecule has 0 unspecified atom stereocenters. The molecule has 0 aromatic heterocycles. The van der Waals surface area contributed by atoms with Gasteiger partial charge in [-0.15, -0.1) is 0 Å². The van der Waals surface area contributed by atoms with Gasteiger partial charge >= 0.3 is 12.4 Å². The molecule has 0 spiro atoms. The molecule has 0 radical (unpaired) electrons. The normalized spacial score (nSPS) is 12.0. The summed E-state index contributed by atoms with van der Waals surface area (Å²) in [5.74, 6) is -2.16. The molecular weight excluding hydrogens is 480 g/mol. The molecule has 1 nitrogen and oxygen atoms in total. The summed E-state index contributed by atoms with van der Waals surface area (Å²) in [6.45, 7) is 0. The number of para-hydroxylation sites is 2. The minimum atomic E-state index is -4.72. The predicted molar refractivity (Wildman–Crippen MR) is 114 cm³/mol. The molecule has 4 rings (SSSR count). The zero-order valence-corrected chi connectivity index (χ0v) is 17.5. The maximum Gasteiger partial charge on any atom is 0.416 e. The number of benzene rings is 4. The van der Waals surface area contributed by atoms with Gasteiger partial charge in [0, 0.05) is 22.3 Å². The first-order valence-corrected chi connectivity index (χ1v) is 10.1. The van der Waals surface area contributed by atoms with Crippen LogP contribution in [-0.2, 0) is 12.4 Å². The van der Waals surface area contributed by atoms with Crippen LogP contribution in [0.1, 0.15) is 11.1 Å². The van der Waals surface area contributed by atoms with E-state index in [1.807, 2.05) is 0 Å². The first kappa shape index (κ1) is 24.3. The van der Waals surface area contributed by atoms with Crippen molar-refractivity contribution in [1.29, 1.82) is 0 Å². The fraction of sp³-hybridized carbons (Fsp3) is 0.0769. The second-order valence-electron chi connectivity index (χ2n) is 7.48. The van der Waals surface area contributed by atoms with Crippen molar-refractivity contribution < 1.29 is 39.9 Å². The van der Waals surface area contributed by atoms with Gasteiger partial charge in [0.2, 0.25) is 0 Å². The van der Waals surface area contributed by atoms with E-state index in [9.17, 15) is 35.1 Å². The van der Waals surface area contributed by atoms with E-state index in [2.05, 4.69) is 0 Å². The van der Waals surface area contributed by atoms with Gasteiger partial charge in [-0.25, -0.2) is 8.78 Å². The molecule has 0 N–H and O–H groups in total. The summed E-state index contributed by atoms with van der Waals surface area (Å²) >= 11 is 0. The predicted octanol–water partition coefficient (Wildman–Crippen LogP) is 9.13. The third-order valence-corrected chi connectivity index (χ3v) is 5.17. The summed E-state index contributed by atoms with van der Waals surface area (Å²) < 4.78 is 113. The van der Waals surface area contributed by atoms with Crippen LogP contribution < -0.4 is 4.74 Å². The van der Waals surface area contributed by atoms with Crippen LogP contribution in [0.2, 0.25) is 0 Å². The third-order valence-electron chi connectivity index (χ3n) is 5.17. The van der Waals surface area contributed by atoms with Crippen LogP contribution in [0.3, 0.4) is 0 Å². The zero-order valence-electron chi connectivity index (χ0n) is 17.5. The van der Waals surface area contributed by atoms with Gasteiger partial charge in [-0.05, 0) is 36.4 Å². The Kier molecular flexibility index (Phi) is 6.27. The smallest absolute Gasteiger partial charge is 0.416 e. The number of rotatable bonds is 4. The van der Waals surface area contributed by atoms with Crippen molar-refractivity contribution in [3.05, 3.63) is 108 Å². The van der Waals surface area contributed by atoms with Gasteiger partial charge in [0.25, 0.3) is 0 Å². The summed E-state index contributed by atoms with van der Waals surface area (Å²) in [5.41, 5.74) is -2.37. The van der Waals surface area contributed by atoms with E-state index in [4.69, 9.17) is 4.74 Å². The number of alkyl halides is 6. The Hall–Kier alpha value is -3.88. The Morgan fingerprint density at radius 1 is 0.457 bits per heavy atom. The van der Waals surface area contributed by atoms with E-state index in [1.165, 1.54) is 36.4 Å². The van der Waals surface area contributed by atoms with Crippen LogP contribution >= 0.6 is 0 Å². The Labute approximate surface area is 194 Å². The minimum Gasteiger partial charge on any atom is -0.456 e. The molecule has 0 amide bonds. The molecule has 0 atom stereocenters. The van der Waals surface area contributed by atoms with Gasteiger partial charge in [-0.2, -0.15) is 26.3 Å². The number of halogens is 8. The topological polar surface area (TPSA) is 9.23 Å². The second kappa shape index (κ2) is 9.05. The van der Waals surface area contributed by atoms with Gasteiger partial charge in [0.1, 0.15) is 23.1 Å². The van der Waals surface area contributed by atoms with Crippen molar-refractivity contribution in [3.63, 3.8) is 0 Å². The van der Waals surface area contributed by atoms with E-state index in [0.29, 0.717) is 12.1 Å². The Morgan fingerprint density at radius 2 is 0.829 bits per heavy atom. The van der Waals surface area contributed by atoms with Gasteiger partial charge < -0.3 is 4.74 Å². The average Bonchev–Trinajstić information content (AvgIpc) is 2.79. The van der Waals surface area contributed by atoms with Crippen LogP contribution in [0.4, 0.5) is 35.1 Å². The van der Waals surface area contributed by atoms with Crippen molar-refractivity contribution in [1.82, 2.24) is 0 Å². The van der Waals surface area contributed by atoms with E-state index in [1.54, 1.807) is 12.1 Å². The first-order valence-electron chi connectivity index (χ1n) is 10.1. The lowest BCUT2D eigenvalue weighted by atomic mass is 10.0. The molecule has 0 aliphatic rings. The van der Waals surface area contributed by atoms with Gasteiger partial charge in [-0.1, -0.05) is 48.5 Å². The molecule has 9 heteroatoms. The highest BCUT2D eigenvalue weighted by molar-refractivity contribution is 5.75. The van der Waals surface area contributed by atoms with Crippen LogP contribution in [0.25, 0.3) is 22.3 Å². The molecule has 0 heterocycles. The lowest BCUT2D eigenvalue weighted by molar-refractivity contribution is -0.138. The third kappa shape index (κ3) is 5.13. The zero-order chi connectivity index (χ0) is 25.4. The summed E-state index contributed by atoms with van der Waals surface area (Å²) in [4.78, 5) is 0. The summed E-state index contributed by atoms with van der Waals surface area (Å²) in [7, 11) is 0. The van der Waals surface area contributed by atoms with E-state index < -0.39 is 35.1 Å². The summed E-state index contributed by atoms with van der Waals surface area (Å²) in [6, 6.07) is 16.1. The van der Waals surface area contributed by atoms with Gasteiger partial charge in [0.05, 0.1) is 11.1 Å². The van der Waals surface area contributed by atoms with Crippen molar-refractivity contribution in [3.8, 4) is 33.8 Å². The molecule has 4 aromatic rings. The van der Waals surface area contributed by atoms with Crippen LogP contribution in [-0.4, -0.2) is 0 Å². The van der Waals surface area contributed by atoms with Crippen molar-refractivity contribution >= 4 is 0 Å². The first-order chi connectivity index (χ1) is 16.4. The Morgan fingerprint density at radius 3 is 1.17 bits per heavy atom. The highest BCUT2D eigenvalue weighted by atomic mass is 19.4. The number of hydrogen-bond acceptors (Lipinski definition) is 1. The lowest BCUT2D eigenvalue weighted by Gasteiger charge is -2.16. The Bertz CT molecular complexity index is 1270. The van der Waals surface area contributed by atoms with Crippen LogP contribution in [0, 0.1) is 11.6 Å². The lowest BCUT2D eigenvalue weighted by Crippen LogP contribution is -2.05.